The minimum Gasteiger partial charge on any atom is -0.490 e. The van der Waals surface area contributed by atoms with Gasteiger partial charge in [0.2, 0.25) is 0 Å². The van der Waals surface area contributed by atoms with Crippen molar-refractivity contribution in [3.05, 3.63) is 64.0 Å². The standard InChI is InChI=1S/C23H24O6/c1-4-26-19-8-5-6-9-20(19)27-13-7-10-21(24)28-18-12-11-17-15(2)14-22(25)29-23(17)16(18)3/h5-6,8-9,11-12,14H,4,7,10,13H2,1-3H3. The molecule has 29 heavy (non-hydrogen) atoms. The molecule has 0 saturated heterocycles. The molecule has 3 aromatic rings. The Hall–Kier alpha value is -3.28. The zero-order chi connectivity index (χ0) is 20.8. The highest BCUT2D eigenvalue weighted by Gasteiger charge is 2.13. The molecule has 0 fully saturated rings. The lowest BCUT2D eigenvalue weighted by atomic mass is 10.1. The maximum Gasteiger partial charge on any atom is 0.336 e. The predicted molar refractivity (Wildman–Crippen MR) is 110 cm³/mol. The summed E-state index contributed by atoms with van der Waals surface area (Å²) in [5.74, 6) is 1.35. The van der Waals surface area contributed by atoms with Gasteiger partial charge in [-0.2, -0.15) is 0 Å². The van der Waals surface area contributed by atoms with Crippen LogP contribution in [0.1, 0.15) is 30.9 Å². The molecule has 0 aliphatic rings. The number of carbonyl (C=O) groups is 1. The monoisotopic (exact) mass is 396 g/mol. The van der Waals surface area contributed by atoms with Crippen molar-refractivity contribution in [2.75, 3.05) is 13.2 Å². The number of rotatable bonds is 8. The molecule has 0 unspecified atom stereocenters. The van der Waals surface area contributed by atoms with Gasteiger partial charge in [0, 0.05) is 23.4 Å². The molecule has 0 radical (unpaired) electrons. The summed E-state index contributed by atoms with van der Waals surface area (Å²) in [5, 5.41) is 0.822. The summed E-state index contributed by atoms with van der Waals surface area (Å²) in [6, 6.07) is 12.4. The molecular weight excluding hydrogens is 372 g/mol. The summed E-state index contributed by atoms with van der Waals surface area (Å²) in [5.41, 5.74) is 1.46. The third-order valence-electron chi connectivity index (χ3n) is 4.47. The van der Waals surface area contributed by atoms with Crippen molar-refractivity contribution >= 4 is 16.9 Å². The summed E-state index contributed by atoms with van der Waals surface area (Å²) in [7, 11) is 0. The van der Waals surface area contributed by atoms with Gasteiger partial charge < -0.3 is 18.6 Å². The van der Waals surface area contributed by atoms with Crippen LogP contribution in [0.5, 0.6) is 17.2 Å². The number of hydrogen-bond acceptors (Lipinski definition) is 6. The highest BCUT2D eigenvalue weighted by Crippen LogP contribution is 2.29. The van der Waals surface area contributed by atoms with E-state index in [0.717, 1.165) is 10.9 Å². The molecule has 3 rings (SSSR count). The van der Waals surface area contributed by atoms with Gasteiger partial charge in [0.05, 0.1) is 13.2 Å². The molecule has 6 heteroatoms. The third-order valence-corrected chi connectivity index (χ3v) is 4.47. The average molecular weight is 396 g/mol. The van der Waals surface area contributed by atoms with Crippen molar-refractivity contribution in [1.82, 2.24) is 0 Å². The van der Waals surface area contributed by atoms with Crippen molar-refractivity contribution in [3.63, 3.8) is 0 Å². The third kappa shape index (κ3) is 4.96. The van der Waals surface area contributed by atoms with E-state index in [-0.39, 0.29) is 12.4 Å². The maximum absolute atomic E-state index is 12.2. The molecule has 0 spiro atoms. The second-order valence-corrected chi connectivity index (χ2v) is 6.62. The van der Waals surface area contributed by atoms with Gasteiger partial charge in [0.1, 0.15) is 11.3 Å². The molecule has 152 valence electrons. The van der Waals surface area contributed by atoms with Gasteiger partial charge in [-0.05, 0) is 57.0 Å². The van der Waals surface area contributed by atoms with Crippen LogP contribution >= 0.6 is 0 Å². The molecule has 0 atom stereocenters. The lowest BCUT2D eigenvalue weighted by Gasteiger charge is -2.12. The van der Waals surface area contributed by atoms with Crippen LogP contribution in [-0.4, -0.2) is 19.2 Å². The van der Waals surface area contributed by atoms with Gasteiger partial charge in [-0.15, -0.1) is 0 Å². The second kappa shape index (κ2) is 9.28. The van der Waals surface area contributed by atoms with Crippen LogP contribution in [0.25, 0.3) is 11.0 Å². The number of esters is 1. The molecule has 0 N–H and O–H groups in total. The van der Waals surface area contributed by atoms with E-state index in [1.54, 1.807) is 19.1 Å². The minimum absolute atomic E-state index is 0.200. The molecule has 0 aliphatic heterocycles. The van der Waals surface area contributed by atoms with E-state index in [0.29, 0.717) is 48.0 Å². The quantitative estimate of drug-likeness (QED) is 0.240. The van der Waals surface area contributed by atoms with Crippen molar-refractivity contribution < 1.29 is 23.4 Å². The van der Waals surface area contributed by atoms with Gasteiger partial charge >= 0.3 is 11.6 Å². The van der Waals surface area contributed by atoms with Gasteiger partial charge in [-0.3, -0.25) is 4.79 Å². The molecule has 6 nitrogen and oxygen atoms in total. The average Bonchev–Trinajstić information content (AvgIpc) is 2.69. The fourth-order valence-corrected chi connectivity index (χ4v) is 3.03. The minimum atomic E-state index is -0.425. The first-order valence-corrected chi connectivity index (χ1v) is 9.59. The predicted octanol–water partition coefficient (Wildman–Crippen LogP) is 4.57. The van der Waals surface area contributed by atoms with Crippen LogP contribution in [0.3, 0.4) is 0 Å². The summed E-state index contributed by atoms with van der Waals surface area (Å²) in [4.78, 5) is 23.9. The summed E-state index contributed by atoms with van der Waals surface area (Å²) < 4.78 is 22.0. The van der Waals surface area contributed by atoms with Crippen LogP contribution in [0.15, 0.2) is 51.7 Å². The Bertz CT molecular complexity index is 1070. The molecule has 1 heterocycles. The Labute approximate surface area is 169 Å². The maximum atomic E-state index is 12.2. The zero-order valence-electron chi connectivity index (χ0n) is 16.8. The van der Waals surface area contributed by atoms with E-state index in [1.807, 2.05) is 38.1 Å². The number of para-hydroxylation sites is 2. The van der Waals surface area contributed by atoms with Crippen LogP contribution < -0.4 is 19.8 Å². The zero-order valence-corrected chi connectivity index (χ0v) is 16.8. The first-order chi connectivity index (χ1) is 14.0. The van der Waals surface area contributed by atoms with Crippen molar-refractivity contribution in [2.45, 2.75) is 33.6 Å². The van der Waals surface area contributed by atoms with Gasteiger partial charge in [0.25, 0.3) is 0 Å². The Kier molecular flexibility index (Phi) is 6.54. The van der Waals surface area contributed by atoms with Crippen LogP contribution in [-0.2, 0) is 4.79 Å². The van der Waals surface area contributed by atoms with E-state index in [9.17, 15) is 9.59 Å². The summed E-state index contributed by atoms with van der Waals surface area (Å²) >= 11 is 0. The van der Waals surface area contributed by atoms with Gasteiger partial charge in [0.15, 0.2) is 11.5 Å². The van der Waals surface area contributed by atoms with Gasteiger partial charge in [-0.25, -0.2) is 4.79 Å². The van der Waals surface area contributed by atoms with Crippen molar-refractivity contribution in [3.8, 4) is 17.2 Å². The first-order valence-electron chi connectivity index (χ1n) is 9.59. The Morgan fingerprint density at radius 1 is 1.00 bits per heavy atom. The normalized spacial score (nSPS) is 10.7. The number of carbonyl (C=O) groups excluding carboxylic acids is 1. The van der Waals surface area contributed by atoms with Crippen molar-refractivity contribution in [2.24, 2.45) is 0 Å². The largest absolute Gasteiger partial charge is 0.490 e. The number of ether oxygens (including phenoxy) is 3. The van der Waals surface area contributed by atoms with Crippen molar-refractivity contribution in [1.29, 1.82) is 0 Å². The Morgan fingerprint density at radius 3 is 2.45 bits per heavy atom. The lowest BCUT2D eigenvalue weighted by Crippen LogP contribution is -2.11. The van der Waals surface area contributed by atoms with Crippen LogP contribution in [0.2, 0.25) is 0 Å². The summed E-state index contributed by atoms with van der Waals surface area (Å²) in [6.45, 7) is 6.44. The second-order valence-electron chi connectivity index (χ2n) is 6.62. The molecular formula is C23H24O6. The molecule has 0 bridgehead atoms. The highest BCUT2D eigenvalue weighted by molar-refractivity contribution is 5.85. The topological polar surface area (TPSA) is 75.0 Å². The molecule has 1 aromatic heterocycles. The van der Waals surface area contributed by atoms with Crippen LogP contribution in [0, 0.1) is 13.8 Å². The number of hydrogen-bond donors (Lipinski definition) is 0. The SMILES string of the molecule is CCOc1ccccc1OCCCC(=O)Oc1ccc2c(C)cc(=O)oc2c1C. The molecule has 0 amide bonds. The first kappa shape index (κ1) is 20.5. The van der Waals surface area contributed by atoms with Gasteiger partial charge in [-0.1, -0.05) is 12.1 Å². The smallest absolute Gasteiger partial charge is 0.336 e. The van der Waals surface area contributed by atoms with E-state index >= 15 is 0 Å². The van der Waals surface area contributed by atoms with E-state index < -0.39 is 5.63 Å². The lowest BCUT2D eigenvalue weighted by molar-refractivity contribution is -0.134. The molecule has 0 aliphatic carbocycles. The summed E-state index contributed by atoms with van der Waals surface area (Å²) in [6.07, 6.45) is 0.701. The van der Waals surface area contributed by atoms with E-state index in [1.165, 1.54) is 6.07 Å². The van der Waals surface area contributed by atoms with E-state index in [2.05, 4.69) is 0 Å². The fraction of sp³-hybridized carbons (Fsp3) is 0.304. The Balaban J connectivity index is 1.58. The Morgan fingerprint density at radius 2 is 1.72 bits per heavy atom. The van der Waals surface area contributed by atoms with E-state index in [4.69, 9.17) is 18.6 Å². The molecule has 2 aromatic carbocycles. The molecule has 0 saturated carbocycles. The fourth-order valence-electron chi connectivity index (χ4n) is 3.03. The number of fused-ring (bicyclic) bond motifs is 1. The number of benzene rings is 2. The highest BCUT2D eigenvalue weighted by atomic mass is 16.5. The number of aryl methyl sites for hydroxylation is 2. The van der Waals surface area contributed by atoms with Crippen LogP contribution in [0.4, 0.5) is 0 Å².